The highest BCUT2D eigenvalue weighted by molar-refractivity contribution is 7.17. The Bertz CT molecular complexity index is 640. The summed E-state index contributed by atoms with van der Waals surface area (Å²) in [6, 6.07) is 16.7. The third kappa shape index (κ3) is 1.81. The van der Waals surface area contributed by atoms with Crippen molar-refractivity contribution in [3.05, 3.63) is 53.9 Å². The van der Waals surface area contributed by atoms with Crippen molar-refractivity contribution in [3.63, 3.8) is 0 Å². The molecule has 0 saturated carbocycles. The molecule has 0 N–H and O–H groups in total. The lowest BCUT2D eigenvalue weighted by molar-refractivity contribution is 0.415. The first-order valence-corrected chi connectivity index (χ1v) is 6.37. The van der Waals surface area contributed by atoms with Gasteiger partial charge < -0.3 is 4.74 Å². The number of benzene rings is 2. The van der Waals surface area contributed by atoms with E-state index in [1.165, 1.54) is 21.2 Å². The summed E-state index contributed by atoms with van der Waals surface area (Å²) in [5, 5.41) is 3.50. The second-order valence-corrected chi connectivity index (χ2v) is 4.79. The van der Waals surface area contributed by atoms with Crippen molar-refractivity contribution in [1.82, 2.24) is 0 Å². The Balaban J connectivity index is 2.19. The van der Waals surface area contributed by atoms with Crippen LogP contribution in [0, 0.1) is 0 Å². The summed E-state index contributed by atoms with van der Waals surface area (Å²) in [7, 11) is 1.70. The number of methoxy groups -OCH3 is 1. The van der Waals surface area contributed by atoms with E-state index >= 15 is 0 Å². The summed E-state index contributed by atoms with van der Waals surface area (Å²) in [6.45, 7) is 0. The molecular formula is C15H12OS. The first kappa shape index (κ1) is 10.4. The molecular weight excluding hydrogens is 228 g/mol. The van der Waals surface area contributed by atoms with Gasteiger partial charge in [-0.1, -0.05) is 30.3 Å². The zero-order valence-electron chi connectivity index (χ0n) is 9.51. The van der Waals surface area contributed by atoms with Gasteiger partial charge >= 0.3 is 0 Å². The van der Waals surface area contributed by atoms with E-state index in [0.717, 1.165) is 5.75 Å². The number of hydrogen-bond donors (Lipinski definition) is 0. The van der Waals surface area contributed by atoms with Crippen molar-refractivity contribution < 1.29 is 4.74 Å². The van der Waals surface area contributed by atoms with Crippen molar-refractivity contribution in [2.75, 3.05) is 7.11 Å². The summed E-state index contributed by atoms with van der Waals surface area (Å²) in [6.07, 6.45) is 0. The molecule has 1 heterocycles. The quantitative estimate of drug-likeness (QED) is 0.637. The van der Waals surface area contributed by atoms with Crippen LogP contribution in [0.25, 0.3) is 21.2 Å². The second kappa shape index (κ2) is 4.22. The van der Waals surface area contributed by atoms with E-state index in [1.807, 2.05) is 12.1 Å². The highest BCUT2D eigenvalue weighted by atomic mass is 32.1. The SMILES string of the molecule is COc1ccc2c(-c3ccccc3)csc2c1. The monoisotopic (exact) mass is 240 g/mol. The lowest BCUT2D eigenvalue weighted by Crippen LogP contribution is -1.80. The Hall–Kier alpha value is -1.80. The van der Waals surface area contributed by atoms with Crippen LogP contribution in [0.5, 0.6) is 5.75 Å². The highest BCUT2D eigenvalue weighted by Gasteiger charge is 2.06. The van der Waals surface area contributed by atoms with Crippen LogP contribution in [0.1, 0.15) is 0 Å². The smallest absolute Gasteiger partial charge is 0.120 e. The van der Waals surface area contributed by atoms with Gasteiger partial charge in [0, 0.05) is 15.6 Å². The first-order chi connectivity index (χ1) is 8.38. The molecule has 1 aromatic heterocycles. The zero-order chi connectivity index (χ0) is 11.7. The van der Waals surface area contributed by atoms with E-state index < -0.39 is 0 Å². The fourth-order valence-corrected chi connectivity index (χ4v) is 2.97. The van der Waals surface area contributed by atoms with Gasteiger partial charge in [0.2, 0.25) is 0 Å². The van der Waals surface area contributed by atoms with E-state index in [-0.39, 0.29) is 0 Å². The predicted octanol–water partition coefficient (Wildman–Crippen LogP) is 4.58. The minimum Gasteiger partial charge on any atom is -0.497 e. The minimum absolute atomic E-state index is 0.916. The van der Waals surface area contributed by atoms with Crippen LogP contribution in [0.4, 0.5) is 0 Å². The van der Waals surface area contributed by atoms with Gasteiger partial charge in [-0.3, -0.25) is 0 Å². The van der Waals surface area contributed by atoms with Crippen LogP contribution in [0.3, 0.4) is 0 Å². The Labute approximate surface area is 104 Å². The van der Waals surface area contributed by atoms with E-state index in [2.05, 4.69) is 41.8 Å². The summed E-state index contributed by atoms with van der Waals surface area (Å²) in [4.78, 5) is 0. The molecule has 3 aromatic rings. The normalized spacial score (nSPS) is 10.6. The van der Waals surface area contributed by atoms with Gasteiger partial charge in [0.1, 0.15) is 5.75 Å². The Morgan fingerprint density at radius 3 is 2.59 bits per heavy atom. The second-order valence-electron chi connectivity index (χ2n) is 3.88. The zero-order valence-corrected chi connectivity index (χ0v) is 10.3. The number of thiophene rings is 1. The molecule has 0 aliphatic carbocycles. The lowest BCUT2D eigenvalue weighted by Gasteiger charge is -2.01. The molecule has 84 valence electrons. The summed E-state index contributed by atoms with van der Waals surface area (Å²) >= 11 is 1.76. The maximum Gasteiger partial charge on any atom is 0.120 e. The highest BCUT2D eigenvalue weighted by Crippen LogP contribution is 2.35. The molecule has 0 unspecified atom stereocenters. The van der Waals surface area contributed by atoms with Gasteiger partial charge in [-0.05, 0) is 29.1 Å². The Kier molecular flexibility index (Phi) is 2.57. The fourth-order valence-electron chi connectivity index (χ4n) is 1.98. The minimum atomic E-state index is 0.916. The molecule has 17 heavy (non-hydrogen) atoms. The van der Waals surface area contributed by atoms with Crippen molar-refractivity contribution in [2.24, 2.45) is 0 Å². The van der Waals surface area contributed by atoms with E-state index in [4.69, 9.17) is 4.74 Å². The van der Waals surface area contributed by atoms with Crippen molar-refractivity contribution >= 4 is 21.4 Å². The van der Waals surface area contributed by atoms with Crippen LogP contribution < -0.4 is 4.74 Å². The number of rotatable bonds is 2. The molecule has 2 aromatic carbocycles. The topological polar surface area (TPSA) is 9.23 Å². The van der Waals surface area contributed by atoms with Gasteiger partial charge in [0.25, 0.3) is 0 Å². The average Bonchev–Trinajstić information content (AvgIpc) is 2.82. The van der Waals surface area contributed by atoms with Crippen molar-refractivity contribution in [2.45, 2.75) is 0 Å². The molecule has 0 amide bonds. The van der Waals surface area contributed by atoms with Crippen molar-refractivity contribution in [3.8, 4) is 16.9 Å². The molecule has 0 spiro atoms. The third-order valence-electron chi connectivity index (χ3n) is 2.87. The van der Waals surface area contributed by atoms with Gasteiger partial charge in [-0.25, -0.2) is 0 Å². The summed E-state index contributed by atoms with van der Waals surface area (Å²) < 4.78 is 6.51. The Morgan fingerprint density at radius 2 is 1.82 bits per heavy atom. The maximum atomic E-state index is 5.24. The number of fused-ring (bicyclic) bond motifs is 1. The van der Waals surface area contributed by atoms with E-state index in [1.54, 1.807) is 18.4 Å². The summed E-state index contributed by atoms with van der Waals surface area (Å²) in [5.74, 6) is 0.916. The van der Waals surface area contributed by atoms with Crippen LogP contribution in [0.15, 0.2) is 53.9 Å². The number of ether oxygens (including phenoxy) is 1. The summed E-state index contributed by atoms with van der Waals surface area (Å²) in [5.41, 5.74) is 2.57. The fraction of sp³-hybridized carbons (Fsp3) is 0.0667. The molecule has 0 atom stereocenters. The molecule has 3 rings (SSSR count). The molecule has 0 fully saturated rings. The van der Waals surface area contributed by atoms with Crippen LogP contribution in [-0.4, -0.2) is 7.11 Å². The largest absolute Gasteiger partial charge is 0.497 e. The molecule has 0 aliphatic rings. The van der Waals surface area contributed by atoms with Crippen molar-refractivity contribution in [1.29, 1.82) is 0 Å². The van der Waals surface area contributed by atoms with Crippen LogP contribution in [-0.2, 0) is 0 Å². The molecule has 0 bridgehead atoms. The first-order valence-electron chi connectivity index (χ1n) is 5.49. The third-order valence-corrected chi connectivity index (χ3v) is 3.81. The molecule has 0 radical (unpaired) electrons. The van der Waals surface area contributed by atoms with Gasteiger partial charge in [0.05, 0.1) is 7.11 Å². The lowest BCUT2D eigenvalue weighted by atomic mass is 10.1. The maximum absolute atomic E-state index is 5.24. The average molecular weight is 240 g/mol. The standard InChI is InChI=1S/C15H12OS/c1-16-12-7-8-13-14(10-17-15(13)9-12)11-5-3-2-4-6-11/h2-10H,1H3. The van der Waals surface area contributed by atoms with Gasteiger partial charge in [-0.2, -0.15) is 0 Å². The van der Waals surface area contributed by atoms with Crippen LogP contribution >= 0.6 is 11.3 Å². The molecule has 1 nitrogen and oxygen atoms in total. The van der Waals surface area contributed by atoms with Crippen LogP contribution in [0.2, 0.25) is 0 Å². The predicted molar refractivity (Wildman–Crippen MR) is 73.8 cm³/mol. The number of hydrogen-bond acceptors (Lipinski definition) is 2. The van der Waals surface area contributed by atoms with E-state index in [0.29, 0.717) is 0 Å². The Morgan fingerprint density at radius 1 is 1.00 bits per heavy atom. The molecule has 0 saturated heterocycles. The van der Waals surface area contributed by atoms with E-state index in [9.17, 15) is 0 Å². The molecule has 2 heteroatoms. The molecule has 0 aliphatic heterocycles. The van der Waals surface area contributed by atoms with Gasteiger partial charge in [0.15, 0.2) is 0 Å². The van der Waals surface area contributed by atoms with Gasteiger partial charge in [-0.15, -0.1) is 11.3 Å².